The highest BCUT2D eigenvalue weighted by molar-refractivity contribution is 5.78. The highest BCUT2D eigenvalue weighted by Crippen LogP contribution is 2.22. The van der Waals surface area contributed by atoms with Crippen LogP contribution in [-0.4, -0.2) is 52.1 Å². The van der Waals surface area contributed by atoms with Crippen LogP contribution in [0.25, 0.3) is 0 Å². The molecule has 0 atom stereocenters. The Kier molecular flexibility index (Phi) is 5.74. The summed E-state index contributed by atoms with van der Waals surface area (Å²) >= 11 is 0. The van der Waals surface area contributed by atoms with Crippen molar-refractivity contribution in [3.05, 3.63) is 11.4 Å². The van der Waals surface area contributed by atoms with Gasteiger partial charge in [0.05, 0.1) is 6.54 Å². The second-order valence-electron chi connectivity index (χ2n) is 6.67. The number of aryl methyl sites for hydroxylation is 1. The molecule has 2 amide bonds. The number of hydrogen-bond acceptors (Lipinski definition) is 5. The Morgan fingerprint density at radius 2 is 1.96 bits per heavy atom. The first-order valence-corrected chi connectivity index (χ1v) is 8.19. The maximum Gasteiger partial charge on any atom is 0.225 e. The predicted octanol–water partition coefficient (Wildman–Crippen LogP) is 1.62. The summed E-state index contributed by atoms with van der Waals surface area (Å²) < 4.78 is 4.65. The number of hydrogen-bond donors (Lipinski definition) is 0. The molecular weight excluding hydrogens is 296 g/mol. The summed E-state index contributed by atoms with van der Waals surface area (Å²) in [4.78, 5) is 27.9. The van der Waals surface area contributed by atoms with Crippen LogP contribution >= 0.6 is 0 Å². The van der Waals surface area contributed by atoms with Crippen molar-refractivity contribution in [2.24, 2.45) is 11.8 Å². The zero-order valence-corrected chi connectivity index (χ0v) is 14.4. The highest BCUT2D eigenvalue weighted by atomic mass is 16.6. The molecule has 1 aromatic heterocycles. The van der Waals surface area contributed by atoms with E-state index < -0.39 is 0 Å². The lowest BCUT2D eigenvalue weighted by molar-refractivity contribution is -0.136. The average Bonchev–Trinajstić information content (AvgIpc) is 2.92. The molecule has 0 bridgehead atoms. The minimum atomic E-state index is 0.0404. The summed E-state index contributed by atoms with van der Waals surface area (Å²) in [6.07, 6.45) is 2.30. The van der Waals surface area contributed by atoms with Gasteiger partial charge in [0, 0.05) is 32.5 Å². The van der Waals surface area contributed by atoms with Crippen LogP contribution in [0.1, 0.15) is 44.5 Å². The number of carbonyl (C=O) groups is 2. The third kappa shape index (κ3) is 4.53. The second-order valence-corrected chi connectivity index (χ2v) is 6.67. The molecule has 7 nitrogen and oxygen atoms in total. The lowest BCUT2D eigenvalue weighted by Crippen LogP contribution is -2.41. The number of nitrogens with zero attached hydrogens (tertiary/aromatic N) is 4. The Balaban J connectivity index is 1.78. The van der Waals surface area contributed by atoms with E-state index in [-0.39, 0.29) is 17.7 Å². The molecule has 0 unspecified atom stereocenters. The van der Waals surface area contributed by atoms with E-state index in [0.29, 0.717) is 30.3 Å². The average molecular weight is 322 g/mol. The fourth-order valence-corrected chi connectivity index (χ4v) is 2.83. The van der Waals surface area contributed by atoms with Crippen LogP contribution in [0.4, 0.5) is 0 Å². The first-order valence-electron chi connectivity index (χ1n) is 8.19. The van der Waals surface area contributed by atoms with E-state index in [2.05, 4.69) is 14.9 Å². The first kappa shape index (κ1) is 17.4. The van der Waals surface area contributed by atoms with Crippen LogP contribution < -0.4 is 0 Å². The lowest BCUT2D eigenvalue weighted by Gasteiger charge is -2.33. The molecule has 0 saturated carbocycles. The van der Waals surface area contributed by atoms with E-state index in [9.17, 15) is 9.59 Å². The van der Waals surface area contributed by atoms with Gasteiger partial charge in [-0.3, -0.25) is 9.59 Å². The predicted molar refractivity (Wildman–Crippen MR) is 84.3 cm³/mol. The van der Waals surface area contributed by atoms with Crippen LogP contribution in [0.15, 0.2) is 4.63 Å². The van der Waals surface area contributed by atoms with E-state index in [0.717, 1.165) is 25.9 Å². The van der Waals surface area contributed by atoms with Crippen molar-refractivity contribution in [3.8, 4) is 0 Å². The Morgan fingerprint density at radius 3 is 2.48 bits per heavy atom. The van der Waals surface area contributed by atoms with E-state index >= 15 is 0 Å². The second kappa shape index (κ2) is 7.57. The molecule has 23 heavy (non-hydrogen) atoms. The molecule has 0 spiro atoms. The molecular formula is C16H26N4O3. The molecule has 0 aromatic carbocycles. The van der Waals surface area contributed by atoms with Crippen molar-refractivity contribution in [2.45, 2.75) is 46.6 Å². The maximum absolute atomic E-state index is 12.3. The molecule has 1 aliphatic rings. The third-order valence-corrected chi connectivity index (χ3v) is 4.44. The summed E-state index contributed by atoms with van der Waals surface area (Å²) in [5.74, 6) is 0.693. The van der Waals surface area contributed by atoms with Crippen LogP contribution in [0.3, 0.4) is 0 Å². The van der Waals surface area contributed by atoms with Gasteiger partial charge >= 0.3 is 0 Å². The summed E-state index contributed by atoms with van der Waals surface area (Å²) in [6.45, 7) is 7.59. The van der Waals surface area contributed by atoms with Gasteiger partial charge in [-0.05, 0) is 25.7 Å². The smallest absolute Gasteiger partial charge is 0.225 e. The number of carbonyl (C=O) groups excluding carboxylic acids is 2. The minimum absolute atomic E-state index is 0.0404. The number of aromatic nitrogens is 2. The van der Waals surface area contributed by atoms with Crippen molar-refractivity contribution < 1.29 is 14.2 Å². The summed E-state index contributed by atoms with van der Waals surface area (Å²) in [7, 11) is 1.77. The lowest BCUT2D eigenvalue weighted by atomic mass is 9.92. The summed E-state index contributed by atoms with van der Waals surface area (Å²) in [5, 5.41) is 7.53. The molecule has 1 aliphatic heterocycles. The van der Waals surface area contributed by atoms with Gasteiger partial charge in [-0.25, -0.2) is 4.63 Å². The largest absolute Gasteiger partial charge is 0.342 e. The fraction of sp³-hybridized carbons (Fsp3) is 0.750. The number of piperidine rings is 1. The SMILES string of the molecule is Cc1nonc1CN(C)C(=O)CC1CCN(C(=O)C(C)C)CC1. The van der Waals surface area contributed by atoms with Gasteiger partial charge in [-0.15, -0.1) is 0 Å². The van der Waals surface area contributed by atoms with Crippen LogP contribution in [0.2, 0.25) is 0 Å². The Hall–Kier alpha value is -1.92. The molecule has 1 fully saturated rings. The van der Waals surface area contributed by atoms with Crippen molar-refractivity contribution in [1.82, 2.24) is 20.1 Å². The highest BCUT2D eigenvalue weighted by Gasteiger charge is 2.26. The maximum atomic E-state index is 12.3. The molecule has 0 radical (unpaired) electrons. The van der Waals surface area contributed by atoms with Gasteiger partial charge in [-0.2, -0.15) is 0 Å². The third-order valence-electron chi connectivity index (χ3n) is 4.44. The molecule has 0 aliphatic carbocycles. The van der Waals surface area contributed by atoms with Gasteiger partial charge in [0.15, 0.2) is 0 Å². The van der Waals surface area contributed by atoms with Crippen molar-refractivity contribution >= 4 is 11.8 Å². The van der Waals surface area contributed by atoms with Crippen LogP contribution in [0.5, 0.6) is 0 Å². The fourth-order valence-electron chi connectivity index (χ4n) is 2.83. The number of amides is 2. The first-order chi connectivity index (χ1) is 10.9. The molecule has 1 aromatic rings. The Bertz CT molecular complexity index is 547. The van der Waals surface area contributed by atoms with Gasteiger partial charge in [0.25, 0.3) is 0 Å². The molecule has 1 saturated heterocycles. The normalized spacial score (nSPS) is 16.0. The Labute approximate surface area is 137 Å². The monoisotopic (exact) mass is 322 g/mol. The van der Waals surface area contributed by atoms with Gasteiger partial charge in [0.2, 0.25) is 11.8 Å². The van der Waals surface area contributed by atoms with Crippen molar-refractivity contribution in [3.63, 3.8) is 0 Å². The van der Waals surface area contributed by atoms with Crippen molar-refractivity contribution in [1.29, 1.82) is 0 Å². The zero-order valence-electron chi connectivity index (χ0n) is 14.4. The van der Waals surface area contributed by atoms with Crippen LogP contribution in [0, 0.1) is 18.8 Å². The molecule has 7 heteroatoms. The van der Waals surface area contributed by atoms with Gasteiger partial charge < -0.3 is 9.80 Å². The molecule has 128 valence electrons. The summed E-state index contributed by atoms with van der Waals surface area (Å²) in [5.41, 5.74) is 1.41. The van der Waals surface area contributed by atoms with E-state index in [1.165, 1.54) is 0 Å². The van der Waals surface area contributed by atoms with E-state index in [1.807, 2.05) is 25.7 Å². The topological polar surface area (TPSA) is 79.5 Å². The Morgan fingerprint density at radius 1 is 1.30 bits per heavy atom. The summed E-state index contributed by atoms with van der Waals surface area (Å²) in [6, 6.07) is 0. The van der Waals surface area contributed by atoms with Crippen molar-refractivity contribution in [2.75, 3.05) is 20.1 Å². The van der Waals surface area contributed by atoms with Gasteiger partial charge in [0.1, 0.15) is 11.4 Å². The van der Waals surface area contributed by atoms with Crippen LogP contribution in [-0.2, 0) is 16.1 Å². The molecule has 2 heterocycles. The quantitative estimate of drug-likeness (QED) is 0.823. The van der Waals surface area contributed by atoms with E-state index in [1.54, 1.807) is 11.9 Å². The van der Waals surface area contributed by atoms with E-state index in [4.69, 9.17) is 0 Å². The number of likely N-dealkylation sites (tertiary alicyclic amines) is 1. The molecule has 2 rings (SSSR count). The minimum Gasteiger partial charge on any atom is -0.342 e. The molecule has 0 N–H and O–H groups in total. The number of rotatable bonds is 5. The zero-order chi connectivity index (χ0) is 17.0. The standard InChI is InChI=1S/C16H26N4O3/c1-11(2)16(22)20-7-5-13(6-8-20)9-15(21)19(4)10-14-12(3)17-23-18-14/h11,13H,5-10H2,1-4H3. The van der Waals surface area contributed by atoms with Gasteiger partial charge in [-0.1, -0.05) is 24.2 Å².